The van der Waals surface area contributed by atoms with Crippen molar-refractivity contribution in [1.29, 1.82) is 0 Å². The zero-order valence-corrected chi connectivity index (χ0v) is 12.2. The van der Waals surface area contributed by atoms with Crippen LogP contribution in [0.2, 0.25) is 0 Å². The molecule has 0 fully saturated rings. The zero-order chi connectivity index (χ0) is 13.7. The molecule has 0 aliphatic rings. The highest BCUT2D eigenvalue weighted by Crippen LogP contribution is 2.31. The Hall–Kier alpha value is -1.22. The molecule has 1 rings (SSSR count). The summed E-state index contributed by atoms with van der Waals surface area (Å²) in [6.45, 7) is 7.37. The van der Waals surface area contributed by atoms with E-state index in [9.17, 15) is 5.11 Å². The Labute approximate surface area is 110 Å². The normalized spacial score (nSPS) is 12.3. The van der Waals surface area contributed by atoms with Gasteiger partial charge in [-0.15, -0.1) is 0 Å². The minimum atomic E-state index is 0.230. The topological polar surface area (TPSA) is 32.7 Å². The molecular weight excluding hydrogens is 226 g/mol. The molecule has 0 aromatic heterocycles. The molecule has 0 radical (unpaired) electrons. The fourth-order valence-corrected chi connectivity index (χ4v) is 2.04. The van der Waals surface area contributed by atoms with Gasteiger partial charge < -0.3 is 14.7 Å². The number of aliphatic hydroxyl groups is 1. The summed E-state index contributed by atoms with van der Waals surface area (Å²) in [7, 11) is 3.75. The number of hydrogen-bond acceptors (Lipinski definition) is 3. The lowest BCUT2D eigenvalue weighted by Crippen LogP contribution is -2.27. The predicted octanol–water partition coefficient (Wildman–Crippen LogP) is 2.77. The Kier molecular flexibility index (Phi) is 5.48. The van der Waals surface area contributed by atoms with Crippen LogP contribution in [0.25, 0.3) is 0 Å². The zero-order valence-electron chi connectivity index (χ0n) is 12.2. The summed E-state index contributed by atoms with van der Waals surface area (Å²) in [6.07, 6.45) is 0.980. The van der Waals surface area contributed by atoms with Gasteiger partial charge in [-0.25, -0.2) is 0 Å². The Balaban J connectivity index is 2.97. The summed E-state index contributed by atoms with van der Waals surface area (Å²) in [5.41, 5.74) is 3.58. The molecule has 3 heteroatoms. The molecule has 102 valence electrons. The molecule has 0 heterocycles. The van der Waals surface area contributed by atoms with Crippen LogP contribution in [-0.4, -0.2) is 32.4 Å². The first kappa shape index (κ1) is 14.8. The molecule has 0 amide bonds. The van der Waals surface area contributed by atoms with Gasteiger partial charge in [0.05, 0.1) is 12.8 Å². The Morgan fingerprint density at radius 3 is 2.39 bits per heavy atom. The van der Waals surface area contributed by atoms with Crippen molar-refractivity contribution < 1.29 is 9.84 Å². The van der Waals surface area contributed by atoms with E-state index in [1.807, 2.05) is 7.05 Å². The van der Waals surface area contributed by atoms with Crippen LogP contribution in [0.1, 0.15) is 24.5 Å². The maximum Gasteiger partial charge on any atom is 0.142 e. The van der Waals surface area contributed by atoms with E-state index in [1.165, 1.54) is 11.1 Å². The van der Waals surface area contributed by atoms with E-state index < -0.39 is 0 Å². The van der Waals surface area contributed by atoms with E-state index in [1.54, 1.807) is 7.11 Å². The second-order valence-electron chi connectivity index (χ2n) is 4.95. The third-order valence-corrected chi connectivity index (χ3v) is 3.57. The molecule has 0 aliphatic carbocycles. The second kappa shape index (κ2) is 6.64. The Bertz CT molecular complexity index is 386. The fourth-order valence-electron chi connectivity index (χ4n) is 2.04. The number of anilines is 1. The van der Waals surface area contributed by atoms with Crippen molar-refractivity contribution in [2.24, 2.45) is 5.92 Å². The molecule has 1 aromatic carbocycles. The fraction of sp³-hybridized carbons (Fsp3) is 0.600. The van der Waals surface area contributed by atoms with Gasteiger partial charge in [0.2, 0.25) is 0 Å². The van der Waals surface area contributed by atoms with E-state index >= 15 is 0 Å². The summed E-state index contributed by atoms with van der Waals surface area (Å²) in [5, 5.41) is 9.29. The highest BCUT2D eigenvalue weighted by Gasteiger charge is 2.14. The summed E-state index contributed by atoms with van der Waals surface area (Å²) in [6, 6.07) is 4.22. The first-order valence-electron chi connectivity index (χ1n) is 6.50. The quantitative estimate of drug-likeness (QED) is 0.844. The van der Waals surface area contributed by atoms with E-state index in [2.05, 4.69) is 37.8 Å². The van der Waals surface area contributed by atoms with Gasteiger partial charge in [0.15, 0.2) is 0 Å². The average molecular weight is 251 g/mol. The van der Waals surface area contributed by atoms with E-state index in [-0.39, 0.29) is 6.61 Å². The number of rotatable bonds is 6. The van der Waals surface area contributed by atoms with Gasteiger partial charge in [-0.2, -0.15) is 0 Å². The highest BCUT2D eigenvalue weighted by atomic mass is 16.5. The Morgan fingerprint density at radius 2 is 1.89 bits per heavy atom. The van der Waals surface area contributed by atoms with Crippen molar-refractivity contribution in [3.8, 4) is 5.75 Å². The third kappa shape index (κ3) is 3.39. The van der Waals surface area contributed by atoms with Crippen molar-refractivity contribution in [3.63, 3.8) is 0 Å². The molecule has 0 aliphatic heterocycles. The molecule has 1 N–H and O–H groups in total. The van der Waals surface area contributed by atoms with Gasteiger partial charge in [-0.1, -0.05) is 6.92 Å². The summed E-state index contributed by atoms with van der Waals surface area (Å²) < 4.78 is 5.45. The number of methoxy groups -OCH3 is 1. The lowest BCUT2D eigenvalue weighted by atomic mass is 10.1. The summed E-state index contributed by atoms with van der Waals surface area (Å²) >= 11 is 0. The SMILES string of the molecule is CCC(CO)CN(C)c1cc(C)c(C)cc1OC. The van der Waals surface area contributed by atoms with Crippen LogP contribution in [-0.2, 0) is 0 Å². The van der Waals surface area contributed by atoms with E-state index in [4.69, 9.17) is 4.74 Å². The minimum absolute atomic E-state index is 0.230. The van der Waals surface area contributed by atoms with Gasteiger partial charge >= 0.3 is 0 Å². The first-order chi connectivity index (χ1) is 8.53. The van der Waals surface area contributed by atoms with Crippen LogP contribution < -0.4 is 9.64 Å². The Morgan fingerprint density at radius 1 is 1.28 bits per heavy atom. The molecule has 1 unspecified atom stereocenters. The standard InChI is InChI=1S/C15H25NO2/c1-6-13(10-17)9-16(4)14-7-11(2)12(3)8-15(14)18-5/h7-8,13,17H,6,9-10H2,1-5H3. The summed E-state index contributed by atoms with van der Waals surface area (Å²) in [4.78, 5) is 2.16. The van der Waals surface area contributed by atoms with Gasteiger partial charge in [-0.3, -0.25) is 0 Å². The highest BCUT2D eigenvalue weighted by molar-refractivity contribution is 5.61. The van der Waals surface area contributed by atoms with Crippen LogP contribution >= 0.6 is 0 Å². The third-order valence-electron chi connectivity index (χ3n) is 3.57. The minimum Gasteiger partial charge on any atom is -0.495 e. The van der Waals surface area contributed by atoms with Crippen molar-refractivity contribution >= 4 is 5.69 Å². The van der Waals surface area contributed by atoms with Crippen LogP contribution in [0.15, 0.2) is 12.1 Å². The molecule has 0 bridgehead atoms. The van der Waals surface area contributed by atoms with E-state index in [0.29, 0.717) is 5.92 Å². The number of hydrogen-bond donors (Lipinski definition) is 1. The lowest BCUT2D eigenvalue weighted by Gasteiger charge is -2.26. The number of ether oxygens (including phenoxy) is 1. The van der Waals surface area contributed by atoms with Crippen LogP contribution in [0.3, 0.4) is 0 Å². The monoisotopic (exact) mass is 251 g/mol. The molecule has 3 nitrogen and oxygen atoms in total. The molecule has 18 heavy (non-hydrogen) atoms. The van der Waals surface area contributed by atoms with Gasteiger partial charge in [0, 0.05) is 20.2 Å². The molecule has 0 saturated heterocycles. The molecule has 0 saturated carbocycles. The number of nitrogens with zero attached hydrogens (tertiary/aromatic N) is 1. The molecule has 1 atom stereocenters. The number of aryl methyl sites for hydroxylation is 2. The maximum atomic E-state index is 9.29. The van der Waals surface area contributed by atoms with Crippen LogP contribution in [0.4, 0.5) is 5.69 Å². The average Bonchev–Trinajstić information content (AvgIpc) is 2.38. The molecular formula is C15H25NO2. The number of benzene rings is 1. The van der Waals surface area contributed by atoms with Gasteiger partial charge in [0.1, 0.15) is 5.75 Å². The van der Waals surface area contributed by atoms with E-state index in [0.717, 1.165) is 24.4 Å². The summed E-state index contributed by atoms with van der Waals surface area (Å²) in [5.74, 6) is 1.20. The largest absolute Gasteiger partial charge is 0.495 e. The van der Waals surface area contributed by atoms with Crippen LogP contribution in [0, 0.1) is 19.8 Å². The second-order valence-corrected chi connectivity index (χ2v) is 4.95. The maximum absolute atomic E-state index is 9.29. The van der Waals surface area contributed by atoms with Gasteiger partial charge in [0.25, 0.3) is 0 Å². The predicted molar refractivity (Wildman–Crippen MR) is 76.6 cm³/mol. The van der Waals surface area contributed by atoms with Crippen LogP contribution in [0.5, 0.6) is 5.75 Å². The van der Waals surface area contributed by atoms with Crippen molar-refractivity contribution in [2.45, 2.75) is 27.2 Å². The van der Waals surface area contributed by atoms with Gasteiger partial charge in [-0.05, 0) is 49.4 Å². The smallest absolute Gasteiger partial charge is 0.142 e. The van der Waals surface area contributed by atoms with Crippen molar-refractivity contribution in [2.75, 3.05) is 32.2 Å². The first-order valence-corrected chi connectivity index (χ1v) is 6.50. The number of aliphatic hydroxyl groups excluding tert-OH is 1. The lowest BCUT2D eigenvalue weighted by molar-refractivity contribution is 0.225. The van der Waals surface area contributed by atoms with Crippen molar-refractivity contribution in [3.05, 3.63) is 23.3 Å². The molecule has 0 spiro atoms. The van der Waals surface area contributed by atoms with Crippen molar-refractivity contribution in [1.82, 2.24) is 0 Å². The molecule has 1 aromatic rings.